The second kappa shape index (κ2) is 2.99. The Morgan fingerprint density at radius 1 is 1.15 bits per heavy atom. The number of benzene rings is 1. The highest BCUT2D eigenvalue weighted by molar-refractivity contribution is 5.27. The van der Waals surface area contributed by atoms with Crippen LogP contribution < -0.4 is 0 Å². The molecular weight excluding hydrogens is 188 g/mol. The SMILES string of the molecule is Cc1ccc(C(O)(F)F)c(F)c1F. The molecule has 13 heavy (non-hydrogen) atoms. The average Bonchev–Trinajstić information content (AvgIpc) is 1.98. The largest absolute Gasteiger partial charge is 0.383 e. The lowest BCUT2D eigenvalue weighted by Gasteiger charge is -2.10. The van der Waals surface area contributed by atoms with Crippen molar-refractivity contribution in [1.29, 1.82) is 0 Å². The molecule has 1 N–H and O–H groups in total. The van der Waals surface area contributed by atoms with Gasteiger partial charge < -0.3 is 5.11 Å². The predicted molar refractivity (Wildman–Crippen MR) is 37.2 cm³/mol. The Labute approximate surface area is 71.6 Å². The molecule has 0 saturated carbocycles. The number of aliphatic hydroxyl groups is 1. The zero-order chi connectivity index (χ0) is 10.2. The molecule has 0 bridgehead atoms. The summed E-state index contributed by atoms with van der Waals surface area (Å²) in [6.45, 7) is 1.23. The van der Waals surface area contributed by atoms with Gasteiger partial charge in [-0.25, -0.2) is 8.78 Å². The molecule has 0 spiro atoms. The number of aryl methyl sites for hydroxylation is 1. The highest BCUT2D eigenvalue weighted by atomic mass is 19.3. The second-order valence-electron chi connectivity index (χ2n) is 2.60. The lowest BCUT2D eigenvalue weighted by Crippen LogP contribution is -2.15. The first-order chi connectivity index (χ1) is 5.84. The van der Waals surface area contributed by atoms with Crippen molar-refractivity contribution >= 4 is 0 Å². The number of hydrogen-bond donors (Lipinski definition) is 1. The van der Waals surface area contributed by atoms with E-state index in [1.54, 1.807) is 0 Å². The summed E-state index contributed by atoms with van der Waals surface area (Å²) in [5.41, 5.74) is -1.44. The van der Waals surface area contributed by atoms with Crippen LogP contribution in [0, 0.1) is 18.6 Å². The van der Waals surface area contributed by atoms with Gasteiger partial charge in [-0.2, -0.15) is 8.78 Å². The van der Waals surface area contributed by atoms with Crippen molar-refractivity contribution < 1.29 is 22.7 Å². The molecule has 0 saturated heterocycles. The summed E-state index contributed by atoms with van der Waals surface area (Å²) in [6.07, 6.45) is -4.35. The molecule has 0 aromatic heterocycles. The smallest absolute Gasteiger partial charge is 0.332 e. The van der Waals surface area contributed by atoms with Crippen molar-refractivity contribution in [2.24, 2.45) is 0 Å². The molecular formula is C8H6F4O. The molecule has 1 rings (SSSR count). The molecule has 0 fully saturated rings. The van der Waals surface area contributed by atoms with E-state index in [0.29, 0.717) is 6.07 Å². The summed E-state index contributed by atoms with van der Waals surface area (Å²) in [7, 11) is 0. The zero-order valence-electron chi connectivity index (χ0n) is 6.61. The highest BCUT2D eigenvalue weighted by Crippen LogP contribution is 2.28. The topological polar surface area (TPSA) is 20.2 Å². The third-order valence-electron chi connectivity index (χ3n) is 1.60. The molecule has 0 aliphatic heterocycles. The van der Waals surface area contributed by atoms with Gasteiger partial charge in [0.05, 0.1) is 5.56 Å². The van der Waals surface area contributed by atoms with Crippen LogP contribution in [0.4, 0.5) is 17.6 Å². The molecule has 1 aromatic rings. The Kier molecular flexibility index (Phi) is 2.30. The summed E-state index contributed by atoms with van der Waals surface area (Å²) in [5, 5.41) is 8.15. The van der Waals surface area contributed by atoms with E-state index in [-0.39, 0.29) is 5.56 Å². The minimum atomic E-state index is -4.35. The van der Waals surface area contributed by atoms with Crippen LogP contribution in [0.5, 0.6) is 0 Å². The van der Waals surface area contributed by atoms with Crippen LogP contribution >= 0.6 is 0 Å². The fourth-order valence-electron chi connectivity index (χ4n) is 0.878. The highest BCUT2D eigenvalue weighted by Gasteiger charge is 2.33. The van der Waals surface area contributed by atoms with Crippen molar-refractivity contribution in [1.82, 2.24) is 0 Å². The average molecular weight is 194 g/mol. The van der Waals surface area contributed by atoms with Gasteiger partial charge in [0.2, 0.25) is 0 Å². The molecule has 0 amide bonds. The second-order valence-corrected chi connectivity index (χ2v) is 2.60. The summed E-state index contributed by atoms with van der Waals surface area (Å²) in [5.74, 6) is -3.08. The first kappa shape index (κ1) is 9.98. The monoisotopic (exact) mass is 194 g/mol. The maximum Gasteiger partial charge on any atom is 0.383 e. The van der Waals surface area contributed by atoms with Gasteiger partial charge >= 0.3 is 6.11 Å². The minimum Gasteiger partial charge on any atom is -0.332 e. The quantitative estimate of drug-likeness (QED) is 0.680. The van der Waals surface area contributed by atoms with Gasteiger partial charge in [0, 0.05) is 0 Å². The van der Waals surface area contributed by atoms with Gasteiger partial charge in [-0.15, -0.1) is 0 Å². The Balaban J connectivity index is 3.35. The molecule has 0 unspecified atom stereocenters. The summed E-state index contributed by atoms with van der Waals surface area (Å²) in [6, 6.07) is 1.62. The van der Waals surface area contributed by atoms with Crippen LogP contribution in [-0.2, 0) is 6.11 Å². The molecule has 0 aliphatic rings. The van der Waals surface area contributed by atoms with Gasteiger partial charge in [0.1, 0.15) is 0 Å². The summed E-state index contributed by atoms with van der Waals surface area (Å²) in [4.78, 5) is 0. The number of alkyl halides is 2. The fourth-order valence-corrected chi connectivity index (χ4v) is 0.878. The van der Waals surface area contributed by atoms with E-state index >= 15 is 0 Å². The lowest BCUT2D eigenvalue weighted by molar-refractivity contribution is -0.210. The third kappa shape index (κ3) is 1.80. The van der Waals surface area contributed by atoms with E-state index in [1.165, 1.54) is 6.92 Å². The lowest BCUT2D eigenvalue weighted by atomic mass is 10.1. The number of hydrogen-bond acceptors (Lipinski definition) is 1. The first-order valence-corrected chi connectivity index (χ1v) is 3.39. The van der Waals surface area contributed by atoms with Gasteiger partial charge in [-0.05, 0) is 18.6 Å². The van der Waals surface area contributed by atoms with Crippen LogP contribution in [0.3, 0.4) is 0 Å². The van der Waals surface area contributed by atoms with Gasteiger partial charge in [0.15, 0.2) is 11.6 Å². The molecule has 5 heteroatoms. The number of halogens is 4. The van der Waals surface area contributed by atoms with Crippen molar-refractivity contribution in [2.75, 3.05) is 0 Å². The molecule has 72 valence electrons. The maximum atomic E-state index is 12.7. The Bertz CT molecular complexity index is 330. The molecule has 1 nitrogen and oxygen atoms in total. The van der Waals surface area contributed by atoms with E-state index in [1.807, 2.05) is 0 Å². The van der Waals surface area contributed by atoms with Gasteiger partial charge in [0.25, 0.3) is 0 Å². The molecule has 0 heterocycles. The Morgan fingerprint density at radius 2 is 1.69 bits per heavy atom. The number of rotatable bonds is 1. The van der Waals surface area contributed by atoms with E-state index < -0.39 is 23.3 Å². The van der Waals surface area contributed by atoms with E-state index in [0.717, 1.165) is 6.07 Å². The van der Waals surface area contributed by atoms with Gasteiger partial charge in [-0.3, -0.25) is 0 Å². The van der Waals surface area contributed by atoms with Crippen LogP contribution in [0.25, 0.3) is 0 Å². The van der Waals surface area contributed by atoms with Crippen molar-refractivity contribution in [3.8, 4) is 0 Å². The zero-order valence-corrected chi connectivity index (χ0v) is 6.61. The fraction of sp³-hybridized carbons (Fsp3) is 0.250. The standard InChI is InChI=1S/C8H6F4O/c1-4-2-3-5(8(11,12)13)7(10)6(4)9/h2-3,13H,1H3. The Morgan fingerprint density at radius 3 is 2.15 bits per heavy atom. The molecule has 0 radical (unpaired) electrons. The minimum absolute atomic E-state index is 0.0921. The van der Waals surface area contributed by atoms with Crippen LogP contribution in [-0.4, -0.2) is 5.11 Å². The van der Waals surface area contributed by atoms with E-state index in [9.17, 15) is 17.6 Å². The molecule has 1 aromatic carbocycles. The third-order valence-corrected chi connectivity index (χ3v) is 1.60. The van der Waals surface area contributed by atoms with Crippen molar-refractivity contribution in [3.05, 3.63) is 34.9 Å². The van der Waals surface area contributed by atoms with Crippen molar-refractivity contribution in [3.63, 3.8) is 0 Å². The van der Waals surface area contributed by atoms with Crippen molar-refractivity contribution in [2.45, 2.75) is 13.0 Å². The molecule has 0 aliphatic carbocycles. The van der Waals surface area contributed by atoms with Gasteiger partial charge in [-0.1, -0.05) is 6.07 Å². The predicted octanol–water partition coefficient (Wildman–Crippen LogP) is 2.31. The maximum absolute atomic E-state index is 12.7. The van der Waals surface area contributed by atoms with E-state index in [4.69, 9.17) is 5.11 Å². The Hall–Kier alpha value is -1.10. The normalized spacial score (nSPS) is 11.8. The van der Waals surface area contributed by atoms with Crippen LogP contribution in [0.1, 0.15) is 11.1 Å². The first-order valence-electron chi connectivity index (χ1n) is 3.39. The van der Waals surface area contributed by atoms with Crippen LogP contribution in [0.15, 0.2) is 12.1 Å². The van der Waals surface area contributed by atoms with Crippen LogP contribution in [0.2, 0.25) is 0 Å². The summed E-state index contributed by atoms with van der Waals surface area (Å²) >= 11 is 0. The summed E-state index contributed by atoms with van der Waals surface area (Å²) < 4.78 is 49.8. The van der Waals surface area contributed by atoms with E-state index in [2.05, 4.69) is 0 Å². The molecule has 0 atom stereocenters.